The number of thioether (sulfide) groups is 1. The van der Waals surface area contributed by atoms with E-state index in [4.69, 9.17) is 5.73 Å². The number of rotatable bonds is 5. The lowest BCUT2D eigenvalue weighted by molar-refractivity contribution is 0.749. The summed E-state index contributed by atoms with van der Waals surface area (Å²) in [5.74, 6) is 3.67. The van der Waals surface area contributed by atoms with Gasteiger partial charge in [-0.1, -0.05) is 13.8 Å². The summed E-state index contributed by atoms with van der Waals surface area (Å²) in [6.07, 6.45) is 3.61. The van der Waals surface area contributed by atoms with Crippen LogP contribution in [0.25, 0.3) is 0 Å². The maximum atomic E-state index is 5.45. The highest BCUT2D eigenvalue weighted by Gasteiger charge is 1.99. The Labute approximate surface area is 89.5 Å². The van der Waals surface area contributed by atoms with Crippen LogP contribution in [0.1, 0.15) is 25.2 Å². The number of nitrogens with two attached hydrogens (primary N) is 1. The topological polar surface area (TPSA) is 51.8 Å². The van der Waals surface area contributed by atoms with E-state index in [0.717, 1.165) is 28.8 Å². The molecule has 0 saturated carbocycles. The Morgan fingerprint density at radius 1 is 1.36 bits per heavy atom. The zero-order valence-corrected chi connectivity index (χ0v) is 9.55. The summed E-state index contributed by atoms with van der Waals surface area (Å²) in [6.45, 7) is 4.94. The van der Waals surface area contributed by atoms with Crippen LogP contribution in [0.15, 0.2) is 12.4 Å². The lowest BCUT2D eigenvalue weighted by Crippen LogP contribution is -2.01. The van der Waals surface area contributed by atoms with Crippen LogP contribution in [-0.4, -0.2) is 15.7 Å². The van der Waals surface area contributed by atoms with Crippen molar-refractivity contribution in [2.75, 3.05) is 5.75 Å². The first-order valence-electron chi connectivity index (χ1n) is 4.80. The second kappa shape index (κ2) is 5.98. The van der Waals surface area contributed by atoms with Crippen LogP contribution < -0.4 is 5.73 Å². The van der Waals surface area contributed by atoms with E-state index >= 15 is 0 Å². The third kappa shape index (κ3) is 4.07. The van der Waals surface area contributed by atoms with Crippen molar-refractivity contribution in [3.63, 3.8) is 0 Å². The van der Waals surface area contributed by atoms with Gasteiger partial charge in [-0.15, -0.1) is 0 Å². The monoisotopic (exact) mass is 211 g/mol. The van der Waals surface area contributed by atoms with E-state index in [-0.39, 0.29) is 0 Å². The smallest absolute Gasteiger partial charge is 0.138 e. The van der Waals surface area contributed by atoms with Gasteiger partial charge in [0.15, 0.2) is 0 Å². The molecule has 0 bridgehead atoms. The van der Waals surface area contributed by atoms with E-state index in [2.05, 4.69) is 23.8 Å². The maximum Gasteiger partial charge on any atom is 0.138 e. The first-order chi connectivity index (χ1) is 6.72. The molecular weight excluding hydrogens is 194 g/mol. The standard InChI is InChI=1S/C10H17N3S/c1-8(2)6-14-7-10-12-4-9(3-11)5-13-10/h4-5,8H,3,6-7,11H2,1-2H3. The van der Waals surface area contributed by atoms with Gasteiger partial charge in [-0.3, -0.25) is 0 Å². The Morgan fingerprint density at radius 3 is 2.50 bits per heavy atom. The molecule has 0 unspecified atom stereocenters. The summed E-state index contributed by atoms with van der Waals surface area (Å²) >= 11 is 1.87. The number of hydrogen-bond donors (Lipinski definition) is 1. The minimum absolute atomic E-state index is 0.513. The van der Waals surface area contributed by atoms with Gasteiger partial charge in [0, 0.05) is 24.5 Å². The predicted octanol–water partition coefficient (Wildman–Crippen LogP) is 1.82. The SMILES string of the molecule is CC(C)CSCc1ncc(CN)cn1. The second-order valence-corrected chi connectivity index (χ2v) is 4.65. The molecule has 0 aliphatic carbocycles. The minimum Gasteiger partial charge on any atom is -0.326 e. The molecule has 0 aliphatic heterocycles. The van der Waals surface area contributed by atoms with Crippen LogP contribution in [0.3, 0.4) is 0 Å². The summed E-state index contributed by atoms with van der Waals surface area (Å²) in [7, 11) is 0. The zero-order valence-electron chi connectivity index (χ0n) is 8.73. The third-order valence-corrected chi connectivity index (χ3v) is 3.04. The Balaban J connectivity index is 2.36. The minimum atomic E-state index is 0.513. The van der Waals surface area contributed by atoms with Crippen molar-refractivity contribution in [1.82, 2.24) is 9.97 Å². The van der Waals surface area contributed by atoms with Crippen molar-refractivity contribution >= 4 is 11.8 Å². The Kier molecular flexibility index (Phi) is 4.90. The van der Waals surface area contributed by atoms with E-state index in [9.17, 15) is 0 Å². The molecule has 14 heavy (non-hydrogen) atoms. The van der Waals surface area contributed by atoms with E-state index in [1.165, 1.54) is 0 Å². The van der Waals surface area contributed by atoms with Gasteiger partial charge in [-0.2, -0.15) is 11.8 Å². The molecule has 1 aromatic rings. The number of aromatic nitrogens is 2. The quantitative estimate of drug-likeness (QED) is 0.807. The van der Waals surface area contributed by atoms with E-state index in [1.54, 1.807) is 12.4 Å². The summed E-state index contributed by atoms with van der Waals surface area (Å²) in [5.41, 5.74) is 6.44. The average molecular weight is 211 g/mol. The molecule has 0 saturated heterocycles. The van der Waals surface area contributed by atoms with Gasteiger partial charge in [0.05, 0.1) is 5.75 Å². The van der Waals surface area contributed by atoms with Crippen molar-refractivity contribution in [2.45, 2.75) is 26.1 Å². The van der Waals surface area contributed by atoms with Gasteiger partial charge in [-0.25, -0.2) is 9.97 Å². The summed E-state index contributed by atoms with van der Waals surface area (Å²) in [6, 6.07) is 0. The van der Waals surface area contributed by atoms with Crippen molar-refractivity contribution in [2.24, 2.45) is 11.7 Å². The molecule has 1 heterocycles. The summed E-state index contributed by atoms with van der Waals surface area (Å²) in [5, 5.41) is 0. The molecule has 3 nitrogen and oxygen atoms in total. The van der Waals surface area contributed by atoms with E-state index in [0.29, 0.717) is 6.54 Å². The molecule has 0 atom stereocenters. The molecule has 2 N–H and O–H groups in total. The van der Waals surface area contributed by atoms with Crippen LogP contribution in [0.4, 0.5) is 0 Å². The fourth-order valence-electron chi connectivity index (χ4n) is 0.947. The molecule has 4 heteroatoms. The predicted molar refractivity (Wildman–Crippen MR) is 60.9 cm³/mol. The Hall–Kier alpha value is -0.610. The fourth-order valence-corrected chi connectivity index (χ4v) is 1.87. The van der Waals surface area contributed by atoms with Gasteiger partial charge >= 0.3 is 0 Å². The molecular formula is C10H17N3S. The molecule has 0 aliphatic rings. The molecule has 0 aromatic carbocycles. The van der Waals surface area contributed by atoms with Crippen LogP contribution in [0.5, 0.6) is 0 Å². The van der Waals surface area contributed by atoms with Crippen LogP contribution >= 0.6 is 11.8 Å². The number of hydrogen-bond acceptors (Lipinski definition) is 4. The van der Waals surface area contributed by atoms with Crippen molar-refractivity contribution < 1.29 is 0 Å². The first-order valence-corrected chi connectivity index (χ1v) is 5.95. The highest BCUT2D eigenvalue weighted by atomic mass is 32.2. The lowest BCUT2D eigenvalue weighted by atomic mass is 10.3. The highest BCUT2D eigenvalue weighted by molar-refractivity contribution is 7.98. The maximum absolute atomic E-state index is 5.45. The fraction of sp³-hybridized carbons (Fsp3) is 0.600. The van der Waals surface area contributed by atoms with Gasteiger partial charge < -0.3 is 5.73 Å². The molecule has 0 radical (unpaired) electrons. The van der Waals surface area contributed by atoms with Crippen LogP contribution in [0.2, 0.25) is 0 Å². The Bertz CT molecular complexity index is 259. The molecule has 78 valence electrons. The molecule has 0 amide bonds. The normalized spacial score (nSPS) is 10.9. The first kappa shape index (κ1) is 11.5. The largest absolute Gasteiger partial charge is 0.326 e. The third-order valence-electron chi connectivity index (χ3n) is 1.68. The van der Waals surface area contributed by atoms with Crippen LogP contribution in [-0.2, 0) is 12.3 Å². The molecule has 1 aromatic heterocycles. The van der Waals surface area contributed by atoms with Crippen molar-refractivity contribution in [1.29, 1.82) is 0 Å². The summed E-state index contributed by atoms with van der Waals surface area (Å²) < 4.78 is 0. The second-order valence-electron chi connectivity index (χ2n) is 3.62. The zero-order chi connectivity index (χ0) is 10.4. The molecule has 0 spiro atoms. The van der Waals surface area contributed by atoms with Gasteiger partial charge in [0.1, 0.15) is 5.82 Å². The van der Waals surface area contributed by atoms with Crippen molar-refractivity contribution in [3.05, 3.63) is 23.8 Å². The lowest BCUT2D eigenvalue weighted by Gasteiger charge is -2.03. The van der Waals surface area contributed by atoms with Crippen LogP contribution in [0, 0.1) is 5.92 Å². The van der Waals surface area contributed by atoms with E-state index < -0.39 is 0 Å². The summed E-state index contributed by atoms with van der Waals surface area (Å²) in [4.78, 5) is 8.47. The molecule has 0 fully saturated rings. The highest BCUT2D eigenvalue weighted by Crippen LogP contribution is 2.12. The van der Waals surface area contributed by atoms with Crippen molar-refractivity contribution in [3.8, 4) is 0 Å². The van der Waals surface area contributed by atoms with Gasteiger partial charge in [-0.05, 0) is 11.7 Å². The molecule has 1 rings (SSSR count). The Morgan fingerprint density at radius 2 is 2.00 bits per heavy atom. The average Bonchev–Trinajstić information content (AvgIpc) is 2.18. The van der Waals surface area contributed by atoms with E-state index in [1.807, 2.05) is 11.8 Å². The van der Waals surface area contributed by atoms with Gasteiger partial charge in [0.2, 0.25) is 0 Å². The van der Waals surface area contributed by atoms with Gasteiger partial charge in [0.25, 0.3) is 0 Å². The number of nitrogens with zero attached hydrogens (tertiary/aromatic N) is 2.